The first-order valence-electron chi connectivity index (χ1n) is 10.6. The number of benzene rings is 2. The molecule has 1 heterocycles. The first-order chi connectivity index (χ1) is 14.0. The highest BCUT2D eigenvalue weighted by Gasteiger charge is 2.45. The van der Waals surface area contributed by atoms with Crippen LogP contribution < -0.4 is 10.1 Å². The van der Waals surface area contributed by atoms with E-state index in [1.54, 1.807) is 7.11 Å². The van der Waals surface area contributed by atoms with Crippen LogP contribution in [-0.4, -0.2) is 37.6 Å². The minimum absolute atomic E-state index is 0.0186. The van der Waals surface area contributed by atoms with Gasteiger partial charge < -0.3 is 19.9 Å². The van der Waals surface area contributed by atoms with Crippen molar-refractivity contribution in [3.8, 4) is 5.75 Å². The molecule has 3 rings (SSSR count). The molecular weight excluding hydrogens is 362 g/mol. The van der Waals surface area contributed by atoms with Crippen LogP contribution in [0.4, 0.5) is 0 Å². The molecule has 0 bridgehead atoms. The summed E-state index contributed by atoms with van der Waals surface area (Å²) in [4.78, 5) is 0. The predicted octanol–water partition coefficient (Wildman–Crippen LogP) is 4.21. The van der Waals surface area contributed by atoms with Gasteiger partial charge in [0.05, 0.1) is 12.7 Å². The summed E-state index contributed by atoms with van der Waals surface area (Å²) in [7, 11) is 1.68. The minimum Gasteiger partial charge on any atom is -0.497 e. The van der Waals surface area contributed by atoms with Gasteiger partial charge in [-0.2, -0.15) is 0 Å². The Balaban J connectivity index is 1.71. The summed E-state index contributed by atoms with van der Waals surface area (Å²) >= 11 is 0. The normalized spacial score (nSPS) is 22.2. The monoisotopic (exact) mass is 397 g/mol. The maximum atomic E-state index is 10.4. The van der Waals surface area contributed by atoms with Crippen LogP contribution in [0.1, 0.15) is 37.8 Å². The topological polar surface area (TPSA) is 50.7 Å². The first kappa shape index (κ1) is 21.8. The van der Waals surface area contributed by atoms with E-state index in [2.05, 4.69) is 61.6 Å². The molecule has 29 heavy (non-hydrogen) atoms. The fourth-order valence-electron chi connectivity index (χ4n) is 4.77. The van der Waals surface area contributed by atoms with Crippen LogP contribution >= 0.6 is 0 Å². The molecule has 2 aromatic rings. The highest BCUT2D eigenvalue weighted by molar-refractivity contribution is 5.27. The molecule has 2 atom stereocenters. The van der Waals surface area contributed by atoms with Crippen LogP contribution in [0.15, 0.2) is 54.6 Å². The number of aliphatic hydroxyl groups excluding tert-OH is 1. The standard InChI is InChI=1S/C25H35NO3/c1-24(2)19-25(13-14-29-24,15-20-7-5-4-6-8-20)22(18-27)17-26-16-21-9-11-23(28-3)12-10-21/h4-12,22,26-27H,13-19H2,1-3H3/t22-,25+/m0/s1. The largest absolute Gasteiger partial charge is 0.497 e. The Labute approximate surface area is 175 Å². The molecule has 0 aromatic heterocycles. The van der Waals surface area contributed by atoms with Gasteiger partial charge in [-0.1, -0.05) is 42.5 Å². The maximum Gasteiger partial charge on any atom is 0.118 e. The van der Waals surface area contributed by atoms with E-state index >= 15 is 0 Å². The second kappa shape index (κ2) is 9.75. The van der Waals surface area contributed by atoms with Crippen LogP contribution in [0.2, 0.25) is 0 Å². The Morgan fingerprint density at radius 3 is 2.41 bits per heavy atom. The highest BCUT2D eigenvalue weighted by atomic mass is 16.5. The number of nitrogens with one attached hydrogen (secondary N) is 1. The Hall–Kier alpha value is -1.88. The van der Waals surface area contributed by atoms with Gasteiger partial charge in [0, 0.05) is 32.2 Å². The van der Waals surface area contributed by atoms with Crippen molar-refractivity contribution in [3.63, 3.8) is 0 Å². The SMILES string of the molecule is COc1ccc(CNC[C@@H](CO)[C@@]2(Cc3ccccc3)CCOC(C)(C)C2)cc1. The fourth-order valence-corrected chi connectivity index (χ4v) is 4.77. The van der Waals surface area contributed by atoms with Crippen LogP contribution in [0.25, 0.3) is 0 Å². The number of ether oxygens (including phenoxy) is 2. The molecule has 2 N–H and O–H groups in total. The zero-order chi connectivity index (χ0) is 20.7. The van der Waals surface area contributed by atoms with Gasteiger partial charge in [0.1, 0.15) is 5.75 Å². The molecule has 1 fully saturated rings. The summed E-state index contributed by atoms with van der Waals surface area (Å²) in [6.45, 7) is 6.83. The quantitative estimate of drug-likeness (QED) is 0.665. The van der Waals surface area contributed by atoms with Crippen molar-refractivity contribution >= 4 is 0 Å². The van der Waals surface area contributed by atoms with E-state index < -0.39 is 0 Å². The van der Waals surface area contributed by atoms with Crippen molar-refractivity contribution in [1.82, 2.24) is 5.32 Å². The summed E-state index contributed by atoms with van der Waals surface area (Å²) in [5.41, 5.74) is 2.40. The molecule has 4 nitrogen and oxygen atoms in total. The second-order valence-corrected chi connectivity index (χ2v) is 8.92. The fraction of sp³-hybridized carbons (Fsp3) is 0.520. The van der Waals surface area contributed by atoms with E-state index in [0.717, 1.165) is 44.7 Å². The van der Waals surface area contributed by atoms with Crippen molar-refractivity contribution in [3.05, 3.63) is 65.7 Å². The number of rotatable bonds is 9. The molecule has 0 amide bonds. The van der Waals surface area contributed by atoms with Crippen LogP contribution in [-0.2, 0) is 17.7 Å². The van der Waals surface area contributed by atoms with Crippen LogP contribution in [0.3, 0.4) is 0 Å². The number of aliphatic hydroxyl groups is 1. The molecule has 0 saturated carbocycles. The van der Waals surface area contributed by atoms with Crippen molar-refractivity contribution in [2.24, 2.45) is 11.3 Å². The van der Waals surface area contributed by atoms with E-state index in [-0.39, 0.29) is 23.5 Å². The Kier molecular flexibility index (Phi) is 7.33. The summed E-state index contributed by atoms with van der Waals surface area (Å²) in [5.74, 6) is 1.04. The summed E-state index contributed by atoms with van der Waals surface area (Å²) < 4.78 is 11.3. The van der Waals surface area contributed by atoms with Crippen LogP contribution in [0, 0.1) is 11.3 Å². The van der Waals surface area contributed by atoms with E-state index in [9.17, 15) is 5.11 Å². The van der Waals surface area contributed by atoms with Gasteiger partial charge in [0.2, 0.25) is 0 Å². The molecule has 2 aromatic carbocycles. The number of hydrogen-bond acceptors (Lipinski definition) is 4. The number of hydrogen-bond donors (Lipinski definition) is 2. The molecule has 158 valence electrons. The summed E-state index contributed by atoms with van der Waals surface area (Å²) in [5, 5.41) is 13.9. The second-order valence-electron chi connectivity index (χ2n) is 8.92. The zero-order valence-electron chi connectivity index (χ0n) is 18.0. The summed E-state index contributed by atoms with van der Waals surface area (Å²) in [6, 6.07) is 18.8. The molecule has 0 radical (unpaired) electrons. The van der Waals surface area contributed by atoms with Crippen molar-refractivity contribution < 1.29 is 14.6 Å². The third-order valence-corrected chi connectivity index (χ3v) is 6.23. The van der Waals surface area contributed by atoms with E-state index in [4.69, 9.17) is 9.47 Å². The highest BCUT2D eigenvalue weighted by Crippen LogP contribution is 2.46. The maximum absolute atomic E-state index is 10.4. The van der Waals surface area contributed by atoms with Gasteiger partial charge in [0.25, 0.3) is 0 Å². The lowest BCUT2D eigenvalue weighted by molar-refractivity contribution is -0.127. The average Bonchev–Trinajstić information content (AvgIpc) is 2.71. The molecule has 1 aliphatic heterocycles. The number of methoxy groups -OCH3 is 1. The lowest BCUT2D eigenvalue weighted by Gasteiger charge is -2.49. The molecule has 0 unspecified atom stereocenters. The zero-order valence-corrected chi connectivity index (χ0v) is 18.0. The van der Waals surface area contributed by atoms with Gasteiger partial charge in [-0.3, -0.25) is 0 Å². The third kappa shape index (κ3) is 5.81. The Morgan fingerprint density at radius 2 is 1.79 bits per heavy atom. The average molecular weight is 398 g/mol. The predicted molar refractivity (Wildman–Crippen MR) is 117 cm³/mol. The minimum atomic E-state index is -0.170. The van der Waals surface area contributed by atoms with E-state index in [1.807, 2.05) is 12.1 Å². The molecule has 0 aliphatic carbocycles. The Bertz CT molecular complexity index is 744. The lowest BCUT2D eigenvalue weighted by atomic mass is 9.63. The molecule has 0 spiro atoms. The lowest BCUT2D eigenvalue weighted by Crippen LogP contribution is -2.50. The van der Waals surface area contributed by atoms with Gasteiger partial charge >= 0.3 is 0 Å². The van der Waals surface area contributed by atoms with Crippen molar-refractivity contribution in [1.29, 1.82) is 0 Å². The molecular formula is C25H35NO3. The third-order valence-electron chi connectivity index (χ3n) is 6.23. The molecule has 1 aliphatic rings. The van der Waals surface area contributed by atoms with Crippen molar-refractivity contribution in [2.75, 3.05) is 26.9 Å². The van der Waals surface area contributed by atoms with Gasteiger partial charge in [0.15, 0.2) is 0 Å². The Morgan fingerprint density at radius 1 is 1.07 bits per heavy atom. The summed E-state index contributed by atoms with van der Waals surface area (Å²) in [6.07, 6.45) is 2.89. The van der Waals surface area contributed by atoms with E-state index in [1.165, 1.54) is 11.1 Å². The van der Waals surface area contributed by atoms with E-state index in [0.29, 0.717) is 0 Å². The van der Waals surface area contributed by atoms with Crippen LogP contribution in [0.5, 0.6) is 5.75 Å². The smallest absolute Gasteiger partial charge is 0.118 e. The molecule has 1 saturated heterocycles. The van der Waals surface area contributed by atoms with Crippen molar-refractivity contribution in [2.45, 2.75) is 45.3 Å². The van der Waals surface area contributed by atoms with Gasteiger partial charge in [-0.05, 0) is 61.8 Å². The molecule has 4 heteroatoms. The van der Waals surface area contributed by atoms with Gasteiger partial charge in [-0.15, -0.1) is 0 Å². The van der Waals surface area contributed by atoms with Gasteiger partial charge in [-0.25, -0.2) is 0 Å². The first-order valence-corrected chi connectivity index (χ1v) is 10.6.